The third-order valence-electron chi connectivity index (χ3n) is 3.83. The molecule has 1 fully saturated rings. The number of primary amides is 1. The van der Waals surface area contributed by atoms with Gasteiger partial charge in [-0.15, -0.1) is 0 Å². The van der Waals surface area contributed by atoms with E-state index < -0.39 is 0 Å². The Morgan fingerprint density at radius 1 is 1.48 bits per heavy atom. The van der Waals surface area contributed by atoms with Crippen molar-refractivity contribution < 1.29 is 9.53 Å². The van der Waals surface area contributed by atoms with Gasteiger partial charge < -0.3 is 15.4 Å². The number of carbonyl (C=O) groups is 1. The normalized spacial score (nSPS) is 16.4. The highest BCUT2D eigenvalue weighted by Gasteiger charge is 2.25. The molecule has 1 aliphatic heterocycles. The van der Waals surface area contributed by atoms with Gasteiger partial charge in [-0.05, 0) is 25.0 Å². The number of hydrogen-bond acceptors (Lipinski definition) is 5. The minimum atomic E-state index is -0.205. The van der Waals surface area contributed by atoms with Gasteiger partial charge in [0.1, 0.15) is 11.3 Å². The van der Waals surface area contributed by atoms with Crippen molar-refractivity contribution >= 4 is 44.2 Å². The average molecular weight is 326 g/mol. The Bertz CT molecular complexity index is 680. The molecule has 1 aromatic heterocycles. The van der Waals surface area contributed by atoms with Crippen molar-refractivity contribution in [1.29, 1.82) is 0 Å². The van der Waals surface area contributed by atoms with E-state index in [9.17, 15) is 4.79 Å². The van der Waals surface area contributed by atoms with Gasteiger partial charge in [0.25, 0.3) is 0 Å². The number of methoxy groups -OCH3 is 1. The van der Waals surface area contributed by atoms with Crippen LogP contribution in [0.3, 0.4) is 0 Å². The number of anilines is 1. The summed E-state index contributed by atoms with van der Waals surface area (Å²) in [6.07, 6.45) is 1.55. The zero-order valence-corrected chi connectivity index (χ0v) is 13.2. The topological polar surface area (TPSA) is 68.5 Å². The molecule has 0 radical (unpaired) electrons. The van der Waals surface area contributed by atoms with Crippen LogP contribution < -0.4 is 15.4 Å². The Morgan fingerprint density at radius 3 is 2.81 bits per heavy atom. The number of hydrogen-bond donors (Lipinski definition) is 1. The number of piperidine rings is 1. The molecule has 112 valence electrons. The molecule has 7 heteroatoms. The highest BCUT2D eigenvalue weighted by Crippen LogP contribution is 2.39. The number of fused-ring (bicyclic) bond motifs is 1. The highest BCUT2D eigenvalue weighted by molar-refractivity contribution is 7.22. The predicted molar refractivity (Wildman–Crippen MR) is 85.3 cm³/mol. The fourth-order valence-electron chi connectivity index (χ4n) is 2.60. The maximum absolute atomic E-state index is 11.2. The summed E-state index contributed by atoms with van der Waals surface area (Å²) in [6, 6.07) is 3.65. The lowest BCUT2D eigenvalue weighted by atomic mass is 9.97. The van der Waals surface area contributed by atoms with Gasteiger partial charge in [-0.2, -0.15) is 0 Å². The van der Waals surface area contributed by atoms with Gasteiger partial charge in [-0.25, -0.2) is 4.98 Å². The van der Waals surface area contributed by atoms with E-state index in [1.807, 2.05) is 12.1 Å². The lowest BCUT2D eigenvalue weighted by molar-refractivity contribution is -0.122. The van der Waals surface area contributed by atoms with Crippen LogP contribution in [0.2, 0.25) is 5.02 Å². The Morgan fingerprint density at radius 2 is 2.19 bits per heavy atom. The Kier molecular flexibility index (Phi) is 3.91. The quantitative estimate of drug-likeness (QED) is 0.942. The maximum Gasteiger partial charge on any atom is 0.220 e. The summed E-state index contributed by atoms with van der Waals surface area (Å²) in [4.78, 5) is 18.1. The SMILES string of the molecule is COc1ccc(Cl)c2sc(N3CCC(C(N)=O)CC3)nc12. The van der Waals surface area contributed by atoms with Crippen molar-refractivity contribution in [2.45, 2.75) is 12.8 Å². The average Bonchev–Trinajstić information content (AvgIpc) is 2.94. The van der Waals surface area contributed by atoms with Crippen LogP contribution in [0.1, 0.15) is 12.8 Å². The first-order valence-corrected chi connectivity index (χ1v) is 7.97. The molecule has 1 aromatic carbocycles. The van der Waals surface area contributed by atoms with Crippen molar-refractivity contribution in [3.8, 4) is 5.75 Å². The molecule has 1 saturated heterocycles. The molecular weight excluding hydrogens is 310 g/mol. The molecule has 2 aromatic rings. The number of ether oxygens (including phenoxy) is 1. The van der Waals surface area contributed by atoms with Crippen molar-refractivity contribution in [3.63, 3.8) is 0 Å². The van der Waals surface area contributed by atoms with E-state index in [2.05, 4.69) is 9.88 Å². The lowest BCUT2D eigenvalue weighted by Crippen LogP contribution is -2.38. The number of benzene rings is 1. The molecular formula is C14H16ClN3O2S. The zero-order valence-electron chi connectivity index (χ0n) is 11.6. The summed E-state index contributed by atoms with van der Waals surface area (Å²) >= 11 is 7.79. The zero-order chi connectivity index (χ0) is 15.0. The van der Waals surface area contributed by atoms with Crippen LogP contribution in [0.15, 0.2) is 12.1 Å². The number of aromatic nitrogens is 1. The molecule has 0 saturated carbocycles. The molecule has 21 heavy (non-hydrogen) atoms. The lowest BCUT2D eigenvalue weighted by Gasteiger charge is -2.30. The van der Waals surface area contributed by atoms with Crippen molar-refractivity contribution in [2.75, 3.05) is 25.1 Å². The Hall–Kier alpha value is -1.53. The van der Waals surface area contributed by atoms with Gasteiger partial charge in [-0.3, -0.25) is 4.79 Å². The summed E-state index contributed by atoms with van der Waals surface area (Å²) in [5, 5.41) is 1.60. The Labute approximate surface area is 131 Å². The van der Waals surface area contributed by atoms with Crippen molar-refractivity contribution in [3.05, 3.63) is 17.2 Å². The second kappa shape index (κ2) is 5.69. The van der Waals surface area contributed by atoms with E-state index in [1.54, 1.807) is 18.4 Å². The van der Waals surface area contributed by atoms with E-state index in [-0.39, 0.29) is 11.8 Å². The number of nitrogens with zero attached hydrogens (tertiary/aromatic N) is 2. The predicted octanol–water partition coefficient (Wildman–Crippen LogP) is 2.66. The minimum Gasteiger partial charge on any atom is -0.494 e. The van der Waals surface area contributed by atoms with Crippen LogP contribution in [-0.4, -0.2) is 31.1 Å². The molecule has 1 amide bonds. The van der Waals surface area contributed by atoms with E-state index in [4.69, 9.17) is 22.1 Å². The van der Waals surface area contributed by atoms with Crippen LogP contribution in [0.5, 0.6) is 5.75 Å². The van der Waals surface area contributed by atoms with Crippen molar-refractivity contribution in [1.82, 2.24) is 4.98 Å². The van der Waals surface area contributed by atoms with Gasteiger partial charge in [0.2, 0.25) is 5.91 Å². The molecule has 0 spiro atoms. The van der Waals surface area contributed by atoms with Gasteiger partial charge in [-0.1, -0.05) is 22.9 Å². The van der Waals surface area contributed by atoms with Gasteiger partial charge in [0.15, 0.2) is 5.13 Å². The van der Waals surface area contributed by atoms with Crippen LogP contribution in [-0.2, 0) is 4.79 Å². The van der Waals surface area contributed by atoms with Crippen LogP contribution in [0, 0.1) is 5.92 Å². The summed E-state index contributed by atoms with van der Waals surface area (Å²) in [6.45, 7) is 1.57. The molecule has 0 bridgehead atoms. The first-order valence-electron chi connectivity index (χ1n) is 6.77. The standard InChI is InChI=1S/C14H16ClN3O2S/c1-20-10-3-2-9(15)12-11(10)17-14(21-12)18-6-4-8(5-7-18)13(16)19/h2-3,8H,4-7H2,1H3,(H2,16,19). The summed E-state index contributed by atoms with van der Waals surface area (Å²) in [5.41, 5.74) is 6.16. The second-order valence-electron chi connectivity index (χ2n) is 5.09. The van der Waals surface area contributed by atoms with Crippen LogP contribution in [0.4, 0.5) is 5.13 Å². The molecule has 0 unspecified atom stereocenters. The van der Waals surface area contributed by atoms with Gasteiger partial charge in [0.05, 0.1) is 16.8 Å². The third-order valence-corrected chi connectivity index (χ3v) is 5.41. The molecule has 1 aliphatic rings. The van der Waals surface area contributed by atoms with Gasteiger partial charge >= 0.3 is 0 Å². The number of halogens is 1. The third kappa shape index (κ3) is 2.65. The highest BCUT2D eigenvalue weighted by atomic mass is 35.5. The monoisotopic (exact) mass is 325 g/mol. The number of amides is 1. The van der Waals surface area contributed by atoms with E-state index in [0.717, 1.165) is 47.0 Å². The fourth-order valence-corrected chi connectivity index (χ4v) is 3.90. The first kappa shape index (κ1) is 14.4. The molecule has 3 rings (SSSR count). The summed E-state index contributed by atoms with van der Waals surface area (Å²) < 4.78 is 6.27. The molecule has 5 nitrogen and oxygen atoms in total. The molecule has 2 N–H and O–H groups in total. The number of rotatable bonds is 3. The summed E-state index contributed by atoms with van der Waals surface area (Å²) in [5.74, 6) is 0.501. The fraction of sp³-hybridized carbons (Fsp3) is 0.429. The number of nitrogens with two attached hydrogens (primary N) is 1. The van der Waals surface area contributed by atoms with Crippen LogP contribution in [0.25, 0.3) is 10.2 Å². The number of thiazole rings is 1. The van der Waals surface area contributed by atoms with Crippen LogP contribution >= 0.6 is 22.9 Å². The largest absolute Gasteiger partial charge is 0.494 e. The first-order chi connectivity index (χ1) is 10.1. The smallest absolute Gasteiger partial charge is 0.220 e. The molecule has 0 atom stereocenters. The maximum atomic E-state index is 11.2. The number of carbonyl (C=O) groups excluding carboxylic acids is 1. The molecule has 2 heterocycles. The Balaban J connectivity index is 1.89. The van der Waals surface area contributed by atoms with E-state index >= 15 is 0 Å². The van der Waals surface area contributed by atoms with E-state index in [1.165, 1.54) is 0 Å². The van der Waals surface area contributed by atoms with Gasteiger partial charge in [0, 0.05) is 19.0 Å². The molecule has 0 aliphatic carbocycles. The second-order valence-corrected chi connectivity index (χ2v) is 6.47. The van der Waals surface area contributed by atoms with Crippen molar-refractivity contribution in [2.24, 2.45) is 11.7 Å². The minimum absolute atomic E-state index is 0.0197. The van der Waals surface area contributed by atoms with E-state index in [0.29, 0.717) is 5.02 Å². The summed E-state index contributed by atoms with van der Waals surface area (Å²) in [7, 11) is 1.63.